The summed E-state index contributed by atoms with van der Waals surface area (Å²) < 4.78 is 33.3. The monoisotopic (exact) mass is 657 g/mol. The second-order valence-corrected chi connectivity index (χ2v) is 12.6. The summed E-state index contributed by atoms with van der Waals surface area (Å²) in [6.45, 7) is -0.519. The molecule has 0 radical (unpaired) electrons. The van der Waals surface area contributed by atoms with Crippen molar-refractivity contribution in [2.24, 2.45) is 11.7 Å². The molecule has 3 aromatic heterocycles. The Morgan fingerprint density at radius 3 is 2.77 bits per heavy atom. The largest absolute Gasteiger partial charge is 0.663 e. The normalized spacial score (nSPS) is 28.8. The molecular formula is C22H25N7O13P2+2. The smallest absolute Gasteiger partial charge is 0.500 e. The van der Waals surface area contributed by atoms with Crippen LogP contribution in [0.1, 0.15) is 5.76 Å². The molecule has 1 fully saturated rings. The highest BCUT2D eigenvalue weighted by Crippen LogP contribution is 2.61. The maximum absolute atomic E-state index is 12.2. The van der Waals surface area contributed by atoms with Gasteiger partial charge in [0.25, 0.3) is 23.0 Å². The summed E-state index contributed by atoms with van der Waals surface area (Å²) in [6, 6.07) is 1.45. The van der Waals surface area contributed by atoms with Gasteiger partial charge < -0.3 is 30.1 Å². The molecule has 0 aliphatic carbocycles. The molecule has 4 aliphatic heterocycles. The Hall–Kier alpha value is -3.78. The number of aliphatic hydroxyl groups excluding tert-OH is 1. The van der Waals surface area contributed by atoms with E-state index in [1.165, 1.54) is 21.7 Å². The van der Waals surface area contributed by atoms with Gasteiger partial charge in [-0.05, 0) is 6.07 Å². The van der Waals surface area contributed by atoms with E-state index in [9.17, 15) is 34.6 Å². The van der Waals surface area contributed by atoms with Crippen LogP contribution in [0.15, 0.2) is 57.9 Å². The molecule has 0 spiro atoms. The fraction of sp³-hybridized carbons (Fsp3) is 0.273. The van der Waals surface area contributed by atoms with Crippen molar-refractivity contribution in [2.75, 3.05) is 11.6 Å². The van der Waals surface area contributed by atoms with Crippen LogP contribution in [0.3, 0.4) is 0 Å². The van der Waals surface area contributed by atoms with Gasteiger partial charge in [-0.2, -0.15) is 19.6 Å². The Morgan fingerprint density at radius 2 is 1.95 bits per heavy atom. The van der Waals surface area contributed by atoms with E-state index in [1.807, 2.05) is 0 Å². The minimum absolute atomic E-state index is 0.0170. The van der Waals surface area contributed by atoms with Crippen molar-refractivity contribution in [3.05, 3.63) is 64.8 Å². The molecule has 4 aliphatic rings. The van der Waals surface area contributed by atoms with Crippen molar-refractivity contribution in [1.82, 2.24) is 25.2 Å². The quantitative estimate of drug-likeness (QED) is 0.149. The van der Waals surface area contributed by atoms with E-state index in [0.717, 1.165) is 6.33 Å². The molecular weight excluding hydrogens is 632 g/mol. The van der Waals surface area contributed by atoms with Crippen LogP contribution in [0, 0.1) is 5.92 Å². The maximum Gasteiger partial charge on any atom is 0.663 e. The zero-order valence-corrected chi connectivity index (χ0v) is 23.8. The Labute approximate surface area is 246 Å². The summed E-state index contributed by atoms with van der Waals surface area (Å²) in [6.07, 6.45) is 3.62. The van der Waals surface area contributed by atoms with Crippen molar-refractivity contribution in [3.8, 4) is 11.5 Å². The van der Waals surface area contributed by atoms with E-state index < -0.39 is 75.7 Å². The number of aliphatic hydroxyl groups is 1. The fourth-order valence-electron chi connectivity index (χ4n) is 5.03. The first-order valence-electron chi connectivity index (χ1n) is 12.7. The highest BCUT2D eigenvalue weighted by molar-refractivity contribution is 7.55. The molecule has 4 atom stereocenters. The number of aromatic nitrogens is 3. The third-order valence-corrected chi connectivity index (χ3v) is 8.76. The lowest BCUT2D eigenvalue weighted by Crippen LogP contribution is -2.62. The molecule has 234 valence electrons. The van der Waals surface area contributed by atoms with Crippen LogP contribution >= 0.6 is 16.3 Å². The van der Waals surface area contributed by atoms with Gasteiger partial charge in [0.15, 0.2) is 36.0 Å². The summed E-state index contributed by atoms with van der Waals surface area (Å²) in [4.78, 5) is 62.8. The summed E-state index contributed by atoms with van der Waals surface area (Å²) in [7, 11) is -9.79. The number of aromatic hydroxyl groups is 1. The van der Waals surface area contributed by atoms with Crippen LogP contribution in [0.25, 0.3) is 16.9 Å². The van der Waals surface area contributed by atoms with Gasteiger partial charge in [-0.1, -0.05) is 6.08 Å². The molecule has 44 heavy (non-hydrogen) atoms. The predicted molar refractivity (Wildman–Crippen MR) is 147 cm³/mol. The summed E-state index contributed by atoms with van der Waals surface area (Å²) in [5.41, 5.74) is 5.75. The number of pyridine rings is 1. The summed E-state index contributed by atoms with van der Waals surface area (Å²) >= 11 is 0. The number of nitrogens with two attached hydrogens (primary N) is 1. The number of hydrogen-bond donors (Lipinski definition) is 10. The topological polar surface area (TPSA) is 285 Å². The second kappa shape index (κ2) is 10.4. The predicted octanol–water partition coefficient (Wildman–Crippen LogP) is -0.940. The molecule has 0 amide bonds. The van der Waals surface area contributed by atoms with E-state index in [0.29, 0.717) is 12.9 Å². The van der Waals surface area contributed by atoms with E-state index in [2.05, 4.69) is 20.6 Å². The van der Waals surface area contributed by atoms with Crippen LogP contribution in [-0.2, 0) is 24.9 Å². The van der Waals surface area contributed by atoms with Gasteiger partial charge in [-0.15, -0.1) is 4.52 Å². The minimum atomic E-state index is -4.90. The van der Waals surface area contributed by atoms with Crippen molar-refractivity contribution >= 4 is 39.1 Å². The van der Waals surface area contributed by atoms with Gasteiger partial charge in [0.05, 0.1) is 17.8 Å². The van der Waals surface area contributed by atoms with Crippen LogP contribution in [0.2, 0.25) is 0 Å². The van der Waals surface area contributed by atoms with Crippen LogP contribution in [0.4, 0.5) is 5.88 Å². The second-order valence-electron chi connectivity index (χ2n) is 9.78. The zero-order valence-electron chi connectivity index (χ0n) is 22.0. The average Bonchev–Trinajstić information content (AvgIpc) is 3.73. The van der Waals surface area contributed by atoms with Gasteiger partial charge in [-0.3, -0.25) is 33.9 Å². The number of fused-ring (bicyclic) bond motifs is 5. The number of anilines is 1. The lowest BCUT2D eigenvalue weighted by Gasteiger charge is -2.36. The third-order valence-electron chi connectivity index (χ3n) is 7.06. The average molecular weight is 657 g/mol. The van der Waals surface area contributed by atoms with E-state index in [1.54, 1.807) is 12.3 Å². The number of imidazole rings is 1. The highest BCUT2D eigenvalue weighted by Gasteiger charge is 2.53. The Kier molecular flexibility index (Phi) is 6.85. The lowest BCUT2D eigenvalue weighted by molar-refractivity contribution is 0.102. The number of nitrogens with zero attached hydrogens (tertiary/aromatic N) is 3. The van der Waals surface area contributed by atoms with Crippen molar-refractivity contribution in [3.63, 3.8) is 0 Å². The molecule has 20 nitrogen and oxygen atoms in total. The summed E-state index contributed by atoms with van der Waals surface area (Å²) in [5.74, 6) is -3.73. The number of ether oxygens (including phenoxy) is 1. The van der Waals surface area contributed by atoms with E-state index >= 15 is 0 Å². The minimum Gasteiger partial charge on any atom is -0.500 e. The molecule has 3 unspecified atom stereocenters. The Balaban J connectivity index is 1.26. The number of furan rings is 1. The lowest BCUT2D eigenvalue weighted by atomic mass is 10.0. The molecule has 11 N–H and O–H groups in total. The molecule has 2 bridgehead atoms. The first kappa shape index (κ1) is 29.0. The maximum atomic E-state index is 12.2. The molecule has 1 saturated heterocycles. The SMILES string of the molecule is NC1NCNC2C1C=CN2c1oc2c(c1O)O[P+](O)(O)O/C=C1/OC(n3cnc4c(=O)[nH]ccc43)=C(O[P+](O)(O)OC2)[C@@H]1O. The van der Waals surface area contributed by atoms with E-state index in [-0.39, 0.29) is 28.7 Å². The van der Waals surface area contributed by atoms with Gasteiger partial charge >= 0.3 is 16.3 Å². The van der Waals surface area contributed by atoms with Gasteiger partial charge in [0.2, 0.25) is 11.6 Å². The van der Waals surface area contributed by atoms with Crippen LogP contribution in [0.5, 0.6) is 11.5 Å². The number of aromatic amines is 1. The number of hydrogen-bond acceptors (Lipinski definition) is 18. The Morgan fingerprint density at radius 1 is 1.14 bits per heavy atom. The highest BCUT2D eigenvalue weighted by atomic mass is 31.2. The van der Waals surface area contributed by atoms with Crippen molar-refractivity contribution < 1.29 is 57.0 Å². The molecule has 0 saturated carbocycles. The first-order chi connectivity index (χ1) is 20.9. The zero-order chi connectivity index (χ0) is 31.0. The van der Waals surface area contributed by atoms with Crippen molar-refractivity contribution in [2.45, 2.75) is 25.0 Å². The number of rotatable bonds is 2. The first-order valence-corrected chi connectivity index (χ1v) is 15.8. The van der Waals surface area contributed by atoms with Gasteiger partial charge in [-0.25, -0.2) is 9.51 Å². The Bertz CT molecular complexity index is 1780. The molecule has 22 heteroatoms. The van der Waals surface area contributed by atoms with Gasteiger partial charge in [0, 0.05) is 25.0 Å². The molecule has 3 aromatic rings. The third kappa shape index (κ3) is 4.87. The van der Waals surface area contributed by atoms with E-state index in [4.69, 9.17) is 33.0 Å². The molecule has 0 aromatic carbocycles. The van der Waals surface area contributed by atoms with Crippen LogP contribution < -0.4 is 31.4 Å². The fourth-order valence-corrected chi connectivity index (χ4v) is 6.51. The van der Waals surface area contributed by atoms with Crippen LogP contribution in [-0.4, -0.2) is 69.4 Å². The van der Waals surface area contributed by atoms with Gasteiger partial charge in [0.1, 0.15) is 6.33 Å². The number of H-pyrrole nitrogens is 1. The standard InChI is InChI=1S/C22H23N7O13P2/c23-18-9-2-4-28(19(9)26-7-25-18)21-15(31)16-12(40-21)6-38-44(35,36)42-17-14(30)11(5-37-43(33,34)41-16)39-22(17)29-8-27-13-10(29)1-3-24-20(13)32/h1-5,8-9,14,18-19,25-26,30,33-36H,6-7,23H2/p+2/b11-5+/t9?,14-,18?,19?/m1/s1. The van der Waals surface area contributed by atoms with Crippen molar-refractivity contribution in [1.29, 1.82) is 0 Å². The number of nitrogens with one attached hydrogen (secondary N) is 3. The molecule has 7 heterocycles. The summed E-state index contributed by atoms with van der Waals surface area (Å²) in [5, 5.41) is 28.2. The molecule has 7 rings (SSSR count).